The van der Waals surface area contributed by atoms with Gasteiger partial charge in [-0.25, -0.2) is 4.98 Å². The third kappa shape index (κ3) is 3.10. The summed E-state index contributed by atoms with van der Waals surface area (Å²) in [5.41, 5.74) is 0.858. The average molecular weight is 288 g/mol. The van der Waals surface area contributed by atoms with E-state index in [2.05, 4.69) is 10.3 Å². The van der Waals surface area contributed by atoms with E-state index in [0.717, 1.165) is 12.5 Å². The van der Waals surface area contributed by atoms with Gasteiger partial charge in [-0.05, 0) is 24.3 Å². The van der Waals surface area contributed by atoms with Crippen molar-refractivity contribution in [3.05, 3.63) is 48.0 Å². The van der Waals surface area contributed by atoms with E-state index in [1.54, 1.807) is 18.2 Å². The highest BCUT2D eigenvalue weighted by Gasteiger charge is 2.12. The molecule has 1 N–H and O–H groups in total. The van der Waals surface area contributed by atoms with Crippen molar-refractivity contribution < 1.29 is 18.7 Å². The van der Waals surface area contributed by atoms with Crippen molar-refractivity contribution >= 4 is 11.6 Å². The largest absolute Gasteiger partial charge is 0.490 e. The van der Waals surface area contributed by atoms with E-state index in [1.165, 1.54) is 12.3 Å². The third-order valence-corrected chi connectivity index (χ3v) is 2.99. The van der Waals surface area contributed by atoms with Gasteiger partial charge in [0.15, 0.2) is 11.5 Å². The van der Waals surface area contributed by atoms with Crippen molar-refractivity contribution in [3.63, 3.8) is 0 Å². The van der Waals surface area contributed by atoms with Crippen LogP contribution >= 0.6 is 0 Å². The summed E-state index contributed by atoms with van der Waals surface area (Å²) in [4.78, 5) is 15.5. The van der Waals surface area contributed by atoms with Crippen LogP contribution in [0.5, 0.6) is 11.5 Å². The van der Waals surface area contributed by atoms with Crippen LogP contribution in [0.4, 0.5) is 10.1 Å². The Bertz CT molecular complexity index is 658. The monoisotopic (exact) mass is 288 g/mol. The van der Waals surface area contributed by atoms with Crippen molar-refractivity contribution in [2.75, 3.05) is 18.5 Å². The summed E-state index contributed by atoms with van der Waals surface area (Å²) in [5.74, 6) is 0.274. The number of hydrogen-bond acceptors (Lipinski definition) is 4. The first-order valence-corrected chi connectivity index (χ1v) is 6.55. The summed E-state index contributed by atoms with van der Waals surface area (Å²) in [6, 6.07) is 7.70. The zero-order valence-electron chi connectivity index (χ0n) is 11.1. The van der Waals surface area contributed by atoms with Gasteiger partial charge in [-0.2, -0.15) is 4.39 Å². The average Bonchev–Trinajstić information content (AvgIpc) is 2.72. The maximum Gasteiger partial charge on any atom is 0.257 e. The van der Waals surface area contributed by atoms with Crippen molar-refractivity contribution in [3.8, 4) is 11.5 Å². The smallest absolute Gasteiger partial charge is 0.257 e. The Labute approximate surface area is 120 Å². The predicted molar refractivity (Wildman–Crippen MR) is 74.2 cm³/mol. The molecule has 3 rings (SSSR count). The van der Waals surface area contributed by atoms with E-state index in [-0.39, 0.29) is 11.5 Å². The lowest BCUT2D eigenvalue weighted by atomic mass is 10.2. The van der Waals surface area contributed by atoms with Gasteiger partial charge in [-0.3, -0.25) is 4.79 Å². The van der Waals surface area contributed by atoms with Crippen molar-refractivity contribution in [2.45, 2.75) is 6.42 Å². The number of aromatic nitrogens is 1. The SMILES string of the molecule is O=C(Nc1ccc2c(c1)OCCCO2)c1ccc(F)nc1. The second-order valence-corrected chi connectivity index (χ2v) is 4.54. The molecule has 6 heteroatoms. The Kier molecular flexibility index (Phi) is 3.68. The molecule has 1 aromatic carbocycles. The Morgan fingerprint density at radius 2 is 1.95 bits per heavy atom. The Balaban J connectivity index is 1.77. The molecule has 5 nitrogen and oxygen atoms in total. The first-order chi connectivity index (χ1) is 10.2. The van der Waals surface area contributed by atoms with E-state index in [1.807, 2.05) is 0 Å². The van der Waals surface area contributed by atoms with E-state index in [0.29, 0.717) is 30.4 Å². The number of pyridine rings is 1. The van der Waals surface area contributed by atoms with Crippen molar-refractivity contribution in [2.24, 2.45) is 0 Å². The fraction of sp³-hybridized carbons (Fsp3) is 0.200. The summed E-state index contributed by atoms with van der Waals surface area (Å²) in [5, 5.41) is 2.71. The number of anilines is 1. The lowest BCUT2D eigenvalue weighted by Gasteiger charge is -2.10. The van der Waals surface area contributed by atoms with Crippen LogP contribution < -0.4 is 14.8 Å². The molecule has 0 bridgehead atoms. The number of rotatable bonds is 2. The van der Waals surface area contributed by atoms with Crippen LogP contribution in [0.3, 0.4) is 0 Å². The number of ether oxygens (including phenoxy) is 2. The molecule has 1 aliphatic rings. The highest BCUT2D eigenvalue weighted by atomic mass is 19.1. The first kappa shape index (κ1) is 13.4. The van der Waals surface area contributed by atoms with Crippen LogP contribution in [0.2, 0.25) is 0 Å². The molecular formula is C15H13FN2O3. The quantitative estimate of drug-likeness (QED) is 0.863. The zero-order chi connectivity index (χ0) is 14.7. The van der Waals surface area contributed by atoms with Crippen molar-refractivity contribution in [1.29, 1.82) is 0 Å². The minimum atomic E-state index is -0.623. The zero-order valence-corrected chi connectivity index (χ0v) is 11.1. The summed E-state index contributed by atoms with van der Waals surface area (Å²) >= 11 is 0. The van der Waals surface area contributed by atoms with E-state index in [9.17, 15) is 9.18 Å². The molecule has 0 unspecified atom stereocenters. The molecule has 0 spiro atoms. The molecule has 0 saturated heterocycles. The Morgan fingerprint density at radius 1 is 1.14 bits per heavy atom. The molecular weight excluding hydrogens is 275 g/mol. The molecule has 0 aliphatic carbocycles. The van der Waals surface area contributed by atoms with Crippen LogP contribution in [0.15, 0.2) is 36.5 Å². The molecule has 1 aromatic heterocycles. The van der Waals surface area contributed by atoms with Gasteiger partial charge in [0.2, 0.25) is 5.95 Å². The Morgan fingerprint density at radius 3 is 2.71 bits per heavy atom. The molecule has 0 atom stereocenters. The van der Waals surface area contributed by atoms with Crippen LogP contribution in [0.1, 0.15) is 16.8 Å². The minimum absolute atomic E-state index is 0.281. The second-order valence-electron chi connectivity index (χ2n) is 4.54. The second kappa shape index (κ2) is 5.78. The number of nitrogens with zero attached hydrogens (tertiary/aromatic N) is 1. The summed E-state index contributed by atoms with van der Waals surface area (Å²) < 4.78 is 23.8. The fourth-order valence-electron chi connectivity index (χ4n) is 1.95. The molecule has 2 heterocycles. The fourth-order valence-corrected chi connectivity index (χ4v) is 1.95. The number of halogens is 1. The van der Waals surface area contributed by atoms with E-state index >= 15 is 0 Å². The summed E-state index contributed by atoms with van der Waals surface area (Å²) in [7, 11) is 0. The normalized spacial score (nSPS) is 13.4. The van der Waals surface area contributed by atoms with Crippen LogP contribution in [0, 0.1) is 5.95 Å². The number of nitrogens with one attached hydrogen (secondary N) is 1. The van der Waals surface area contributed by atoms with Gasteiger partial charge in [-0.1, -0.05) is 0 Å². The lowest BCUT2D eigenvalue weighted by molar-refractivity contribution is 0.102. The van der Waals surface area contributed by atoms with Crippen LogP contribution in [0.25, 0.3) is 0 Å². The number of fused-ring (bicyclic) bond motifs is 1. The molecule has 1 aliphatic heterocycles. The Hall–Kier alpha value is -2.63. The van der Waals surface area contributed by atoms with Crippen molar-refractivity contribution in [1.82, 2.24) is 4.98 Å². The maximum atomic E-state index is 12.7. The number of hydrogen-bond donors (Lipinski definition) is 1. The number of benzene rings is 1. The van der Waals surface area contributed by atoms with Gasteiger partial charge in [0.25, 0.3) is 5.91 Å². The highest BCUT2D eigenvalue weighted by Crippen LogP contribution is 2.32. The van der Waals surface area contributed by atoms with E-state index < -0.39 is 5.95 Å². The molecule has 0 fully saturated rings. The van der Waals surface area contributed by atoms with Gasteiger partial charge in [-0.15, -0.1) is 0 Å². The highest BCUT2D eigenvalue weighted by molar-refractivity contribution is 6.04. The number of amides is 1. The standard InChI is InChI=1S/C15H13FN2O3/c16-14-5-2-10(9-17-14)15(19)18-11-3-4-12-13(8-11)21-7-1-6-20-12/h2-5,8-9H,1,6-7H2,(H,18,19). The maximum absolute atomic E-state index is 12.7. The topological polar surface area (TPSA) is 60.5 Å². The van der Waals surface area contributed by atoms with Gasteiger partial charge >= 0.3 is 0 Å². The first-order valence-electron chi connectivity index (χ1n) is 6.55. The van der Waals surface area contributed by atoms with Crippen LogP contribution in [-0.2, 0) is 0 Å². The van der Waals surface area contributed by atoms with Gasteiger partial charge in [0.05, 0.1) is 18.8 Å². The van der Waals surface area contributed by atoms with E-state index in [4.69, 9.17) is 9.47 Å². The van der Waals surface area contributed by atoms with Gasteiger partial charge in [0.1, 0.15) is 0 Å². The van der Waals surface area contributed by atoms with Crippen LogP contribution in [-0.4, -0.2) is 24.1 Å². The number of carbonyl (C=O) groups excluding carboxylic acids is 1. The van der Waals surface area contributed by atoms with Gasteiger partial charge in [0, 0.05) is 24.4 Å². The minimum Gasteiger partial charge on any atom is -0.490 e. The molecule has 1 amide bonds. The third-order valence-electron chi connectivity index (χ3n) is 2.99. The molecule has 2 aromatic rings. The molecule has 0 radical (unpaired) electrons. The molecule has 0 saturated carbocycles. The summed E-state index contributed by atoms with van der Waals surface area (Å²) in [6.07, 6.45) is 2.01. The number of carbonyl (C=O) groups is 1. The summed E-state index contributed by atoms with van der Waals surface area (Å²) in [6.45, 7) is 1.19. The predicted octanol–water partition coefficient (Wildman–Crippen LogP) is 2.63. The van der Waals surface area contributed by atoms with Gasteiger partial charge < -0.3 is 14.8 Å². The lowest BCUT2D eigenvalue weighted by Crippen LogP contribution is -2.12. The molecule has 108 valence electrons. The molecule has 21 heavy (non-hydrogen) atoms.